The van der Waals surface area contributed by atoms with Crippen molar-refractivity contribution >= 4 is 17.4 Å². The molecule has 0 unspecified atom stereocenters. The predicted octanol–water partition coefficient (Wildman–Crippen LogP) is 2.49. The number of hydrogen-bond acceptors (Lipinski definition) is 5. The lowest BCUT2D eigenvalue weighted by Crippen LogP contribution is -2.23. The zero-order chi connectivity index (χ0) is 14.9. The van der Waals surface area contributed by atoms with Gasteiger partial charge in [-0.3, -0.25) is 19.7 Å². The smallest absolute Gasteiger partial charge is 0.311 e. The molecule has 1 aliphatic heterocycles. The SMILES string of the molecule is CC(=O)C1=C(C)OC(=O)C[C@@H]1c1ccccc1[N+](=O)[O-]. The number of esters is 1. The molecule has 20 heavy (non-hydrogen) atoms. The van der Waals surface area contributed by atoms with Crippen molar-refractivity contribution in [2.75, 3.05) is 0 Å². The topological polar surface area (TPSA) is 86.5 Å². The molecule has 1 aliphatic rings. The highest BCUT2D eigenvalue weighted by Gasteiger charge is 2.35. The molecule has 1 aromatic rings. The molecule has 0 spiro atoms. The Kier molecular flexibility index (Phi) is 3.65. The fourth-order valence-corrected chi connectivity index (χ4v) is 2.49. The number of carbonyl (C=O) groups is 2. The number of ketones is 1. The Morgan fingerprint density at radius 3 is 2.65 bits per heavy atom. The Morgan fingerprint density at radius 1 is 1.40 bits per heavy atom. The number of cyclic esters (lactones) is 1. The van der Waals surface area contributed by atoms with E-state index in [1.54, 1.807) is 18.2 Å². The molecular weight excluding hydrogens is 262 g/mol. The Morgan fingerprint density at radius 2 is 2.05 bits per heavy atom. The maximum absolute atomic E-state index is 11.8. The molecule has 1 atom stereocenters. The molecule has 0 bridgehead atoms. The summed E-state index contributed by atoms with van der Waals surface area (Å²) in [6.07, 6.45) is -0.0723. The highest BCUT2D eigenvalue weighted by Crippen LogP contribution is 2.39. The maximum atomic E-state index is 11.8. The minimum absolute atomic E-state index is 0.0723. The van der Waals surface area contributed by atoms with Gasteiger partial charge in [0.15, 0.2) is 5.78 Å². The van der Waals surface area contributed by atoms with Crippen LogP contribution in [0.25, 0.3) is 0 Å². The van der Waals surface area contributed by atoms with Crippen LogP contribution >= 0.6 is 0 Å². The Labute approximate surface area is 115 Å². The number of carbonyl (C=O) groups excluding carboxylic acids is 2. The highest BCUT2D eigenvalue weighted by molar-refractivity contribution is 5.97. The van der Waals surface area contributed by atoms with E-state index in [0.717, 1.165) is 0 Å². The molecule has 0 fully saturated rings. The molecule has 0 saturated carbocycles. The summed E-state index contributed by atoms with van der Waals surface area (Å²) in [5.41, 5.74) is 0.580. The van der Waals surface area contributed by atoms with Crippen LogP contribution in [0.5, 0.6) is 0 Å². The van der Waals surface area contributed by atoms with Gasteiger partial charge in [0.1, 0.15) is 5.76 Å². The van der Waals surface area contributed by atoms with E-state index in [9.17, 15) is 19.7 Å². The average molecular weight is 275 g/mol. The van der Waals surface area contributed by atoms with Crippen molar-refractivity contribution in [1.29, 1.82) is 0 Å². The van der Waals surface area contributed by atoms with Crippen LogP contribution in [0.15, 0.2) is 35.6 Å². The van der Waals surface area contributed by atoms with Gasteiger partial charge < -0.3 is 4.74 Å². The number of Topliss-reactive ketones (excluding diaryl/α,β-unsaturated/α-hetero) is 1. The molecule has 0 radical (unpaired) electrons. The van der Waals surface area contributed by atoms with Crippen LogP contribution in [0.4, 0.5) is 5.69 Å². The van der Waals surface area contributed by atoms with Crippen LogP contribution in [-0.4, -0.2) is 16.7 Å². The van der Waals surface area contributed by atoms with Gasteiger partial charge in [-0.25, -0.2) is 0 Å². The summed E-state index contributed by atoms with van der Waals surface area (Å²) in [6.45, 7) is 2.88. The van der Waals surface area contributed by atoms with Crippen LogP contribution in [0, 0.1) is 10.1 Å². The van der Waals surface area contributed by atoms with E-state index in [2.05, 4.69) is 0 Å². The molecule has 1 heterocycles. The number of nitrogens with zero attached hydrogens (tertiary/aromatic N) is 1. The number of ether oxygens (including phenoxy) is 1. The van der Waals surface area contributed by atoms with E-state index in [1.807, 2.05) is 0 Å². The molecule has 1 aromatic carbocycles. The van der Waals surface area contributed by atoms with Crippen molar-refractivity contribution in [2.24, 2.45) is 0 Å². The first-order valence-corrected chi connectivity index (χ1v) is 6.07. The second kappa shape index (κ2) is 5.24. The van der Waals surface area contributed by atoms with Gasteiger partial charge in [-0.1, -0.05) is 18.2 Å². The third-order valence-electron chi connectivity index (χ3n) is 3.25. The molecule has 6 nitrogen and oxygen atoms in total. The summed E-state index contributed by atoms with van der Waals surface area (Å²) in [4.78, 5) is 33.9. The van der Waals surface area contributed by atoms with Crippen molar-refractivity contribution in [3.8, 4) is 0 Å². The summed E-state index contributed by atoms with van der Waals surface area (Å²) in [6, 6.07) is 6.13. The Balaban J connectivity index is 2.61. The van der Waals surface area contributed by atoms with Crippen LogP contribution in [0.2, 0.25) is 0 Å². The van der Waals surface area contributed by atoms with E-state index < -0.39 is 16.8 Å². The van der Waals surface area contributed by atoms with Crippen LogP contribution in [0.1, 0.15) is 31.7 Å². The fourth-order valence-electron chi connectivity index (χ4n) is 2.49. The predicted molar refractivity (Wildman–Crippen MR) is 69.9 cm³/mol. The molecular formula is C14H13NO5. The molecule has 0 amide bonds. The summed E-state index contributed by atoms with van der Waals surface area (Å²) in [5.74, 6) is -1.15. The zero-order valence-electron chi connectivity index (χ0n) is 11.1. The van der Waals surface area contributed by atoms with Gasteiger partial charge in [-0.2, -0.15) is 0 Å². The third-order valence-corrected chi connectivity index (χ3v) is 3.25. The normalized spacial score (nSPS) is 18.7. The molecule has 0 N–H and O–H groups in total. The lowest BCUT2D eigenvalue weighted by molar-refractivity contribution is -0.385. The third kappa shape index (κ3) is 2.45. The monoisotopic (exact) mass is 275 g/mol. The largest absolute Gasteiger partial charge is 0.431 e. The van der Waals surface area contributed by atoms with Gasteiger partial charge >= 0.3 is 5.97 Å². The van der Waals surface area contributed by atoms with Crippen LogP contribution in [-0.2, 0) is 14.3 Å². The molecule has 6 heteroatoms. The van der Waals surface area contributed by atoms with Gasteiger partial charge in [0.05, 0.1) is 11.3 Å². The van der Waals surface area contributed by atoms with Crippen molar-refractivity contribution in [3.05, 3.63) is 51.3 Å². The van der Waals surface area contributed by atoms with Gasteiger partial charge in [-0.05, 0) is 13.8 Å². The minimum Gasteiger partial charge on any atom is -0.431 e. The molecule has 0 aliphatic carbocycles. The van der Waals surface area contributed by atoms with Gasteiger partial charge in [-0.15, -0.1) is 0 Å². The molecule has 0 saturated heterocycles. The van der Waals surface area contributed by atoms with E-state index >= 15 is 0 Å². The quantitative estimate of drug-likeness (QED) is 0.480. The van der Waals surface area contributed by atoms with Gasteiger partial charge in [0.25, 0.3) is 5.69 Å². The van der Waals surface area contributed by atoms with Crippen LogP contribution in [0.3, 0.4) is 0 Å². The summed E-state index contributed by atoms with van der Waals surface area (Å²) >= 11 is 0. The maximum Gasteiger partial charge on any atom is 0.311 e. The first kappa shape index (κ1) is 13.9. The van der Waals surface area contributed by atoms with Crippen molar-refractivity contribution in [1.82, 2.24) is 0 Å². The Bertz CT molecular complexity index is 632. The van der Waals surface area contributed by atoms with E-state index in [-0.39, 0.29) is 23.7 Å². The lowest BCUT2D eigenvalue weighted by Gasteiger charge is -2.24. The number of benzene rings is 1. The fraction of sp³-hybridized carbons (Fsp3) is 0.286. The van der Waals surface area contributed by atoms with Gasteiger partial charge in [0.2, 0.25) is 0 Å². The Hall–Kier alpha value is -2.50. The lowest BCUT2D eigenvalue weighted by atomic mass is 9.83. The van der Waals surface area contributed by atoms with E-state index in [4.69, 9.17) is 4.74 Å². The highest BCUT2D eigenvalue weighted by atomic mass is 16.6. The number of nitro benzene ring substituents is 1. The molecule has 104 valence electrons. The molecule has 0 aromatic heterocycles. The number of allylic oxidation sites excluding steroid dienone is 2. The standard InChI is InChI=1S/C14H13NO5/c1-8(16)14-9(2)20-13(17)7-11(14)10-5-3-4-6-12(10)15(18)19/h3-6,11H,7H2,1-2H3/t11-/m1/s1. The average Bonchev–Trinajstić information content (AvgIpc) is 2.37. The van der Waals surface area contributed by atoms with E-state index in [0.29, 0.717) is 11.1 Å². The first-order valence-electron chi connectivity index (χ1n) is 6.07. The first-order chi connectivity index (χ1) is 9.41. The number of para-hydroxylation sites is 1. The number of nitro groups is 1. The van der Waals surface area contributed by atoms with Gasteiger partial charge in [0, 0.05) is 23.1 Å². The summed E-state index contributed by atoms with van der Waals surface area (Å²) < 4.78 is 4.96. The van der Waals surface area contributed by atoms with Crippen molar-refractivity contribution < 1.29 is 19.2 Å². The zero-order valence-corrected chi connectivity index (χ0v) is 11.1. The van der Waals surface area contributed by atoms with Crippen molar-refractivity contribution in [2.45, 2.75) is 26.2 Å². The summed E-state index contributed by atoms with van der Waals surface area (Å²) in [7, 11) is 0. The van der Waals surface area contributed by atoms with E-state index in [1.165, 1.54) is 19.9 Å². The number of rotatable bonds is 3. The summed E-state index contributed by atoms with van der Waals surface area (Å²) in [5, 5.41) is 11.1. The molecule has 2 rings (SSSR count). The minimum atomic E-state index is -0.629. The second-order valence-electron chi connectivity index (χ2n) is 4.57. The second-order valence-corrected chi connectivity index (χ2v) is 4.57. The van der Waals surface area contributed by atoms with Crippen LogP contribution < -0.4 is 0 Å². The number of hydrogen-bond donors (Lipinski definition) is 0. The van der Waals surface area contributed by atoms with Crippen molar-refractivity contribution in [3.63, 3.8) is 0 Å².